The summed E-state index contributed by atoms with van der Waals surface area (Å²) in [6.45, 7) is 0. The van der Waals surface area contributed by atoms with Gasteiger partial charge in [0.05, 0.1) is 11.3 Å². The van der Waals surface area contributed by atoms with Gasteiger partial charge in [0.1, 0.15) is 5.69 Å². The fourth-order valence-electron chi connectivity index (χ4n) is 1.57. The highest BCUT2D eigenvalue weighted by molar-refractivity contribution is 9.10. The van der Waals surface area contributed by atoms with Gasteiger partial charge in [-0.3, -0.25) is 20.0 Å². The number of nitrogen functional groups attached to an aromatic ring is 1. The monoisotopic (exact) mass is 334 g/mol. The predicted octanol–water partition coefficient (Wildman–Crippen LogP) is 1.70. The molecule has 0 saturated heterocycles. The van der Waals surface area contributed by atoms with E-state index in [1.54, 1.807) is 36.4 Å². The van der Waals surface area contributed by atoms with Gasteiger partial charge in [-0.15, -0.1) is 0 Å². The molecular weight excluding hydrogens is 324 g/mol. The number of pyridine rings is 1. The third kappa shape index (κ3) is 3.19. The molecule has 0 spiro atoms. The van der Waals surface area contributed by atoms with Crippen molar-refractivity contribution in [1.29, 1.82) is 0 Å². The van der Waals surface area contributed by atoms with Crippen LogP contribution in [0.15, 0.2) is 47.1 Å². The molecule has 102 valence electrons. The maximum absolute atomic E-state index is 12.0. The lowest BCUT2D eigenvalue weighted by atomic mass is 10.1. The van der Waals surface area contributed by atoms with Gasteiger partial charge in [-0.25, -0.2) is 5.84 Å². The SMILES string of the molecule is NNC(=O)c1cc(Br)ccc1NC(=O)c1ccccn1. The number of hydrogen-bond acceptors (Lipinski definition) is 4. The van der Waals surface area contributed by atoms with Crippen LogP contribution in [0, 0.1) is 0 Å². The average Bonchev–Trinajstić information content (AvgIpc) is 2.49. The van der Waals surface area contributed by atoms with E-state index in [1.807, 2.05) is 5.43 Å². The Labute approximate surface area is 123 Å². The van der Waals surface area contributed by atoms with Crippen molar-refractivity contribution in [2.75, 3.05) is 5.32 Å². The maximum atomic E-state index is 12.0. The van der Waals surface area contributed by atoms with Crippen LogP contribution in [0.2, 0.25) is 0 Å². The number of aromatic nitrogens is 1. The Kier molecular flexibility index (Phi) is 4.44. The quantitative estimate of drug-likeness (QED) is 0.452. The minimum absolute atomic E-state index is 0.256. The third-order valence-corrected chi connectivity index (χ3v) is 3.00. The summed E-state index contributed by atoms with van der Waals surface area (Å²) in [5.74, 6) is 4.22. The number of rotatable bonds is 3. The predicted molar refractivity (Wildman–Crippen MR) is 78.0 cm³/mol. The number of amides is 2. The molecule has 7 heteroatoms. The summed E-state index contributed by atoms with van der Waals surface area (Å²) < 4.78 is 0.701. The van der Waals surface area contributed by atoms with Gasteiger partial charge >= 0.3 is 0 Å². The molecule has 0 saturated carbocycles. The number of carbonyl (C=O) groups is 2. The van der Waals surface area contributed by atoms with Crippen molar-refractivity contribution in [3.05, 3.63) is 58.3 Å². The summed E-state index contributed by atoms with van der Waals surface area (Å²) in [6, 6.07) is 9.88. The Morgan fingerprint density at radius 3 is 2.60 bits per heavy atom. The third-order valence-electron chi connectivity index (χ3n) is 2.50. The Morgan fingerprint density at radius 2 is 1.95 bits per heavy atom. The van der Waals surface area contributed by atoms with Crippen LogP contribution in [0.5, 0.6) is 0 Å². The minimum atomic E-state index is -0.498. The summed E-state index contributed by atoms with van der Waals surface area (Å²) in [7, 11) is 0. The second-order valence-corrected chi connectivity index (χ2v) is 4.75. The van der Waals surface area contributed by atoms with E-state index in [0.29, 0.717) is 10.2 Å². The first-order valence-corrected chi connectivity index (χ1v) is 6.44. The summed E-state index contributed by atoms with van der Waals surface area (Å²) in [6.07, 6.45) is 1.52. The van der Waals surface area contributed by atoms with Gasteiger partial charge in [0.25, 0.3) is 11.8 Å². The molecule has 0 unspecified atom stereocenters. The Bertz CT molecular complexity index is 646. The zero-order valence-corrected chi connectivity index (χ0v) is 11.8. The number of anilines is 1. The molecule has 2 aromatic rings. The summed E-state index contributed by atoms with van der Waals surface area (Å²) in [4.78, 5) is 27.6. The first kappa shape index (κ1) is 14.2. The highest BCUT2D eigenvalue weighted by Crippen LogP contribution is 2.21. The minimum Gasteiger partial charge on any atom is -0.320 e. The second kappa shape index (κ2) is 6.27. The first-order valence-electron chi connectivity index (χ1n) is 5.64. The van der Waals surface area contributed by atoms with Crippen LogP contribution in [0.4, 0.5) is 5.69 Å². The van der Waals surface area contributed by atoms with Crippen LogP contribution in [-0.4, -0.2) is 16.8 Å². The first-order chi connectivity index (χ1) is 9.61. The van der Waals surface area contributed by atoms with Gasteiger partial charge in [0.15, 0.2) is 0 Å². The molecule has 2 amide bonds. The highest BCUT2D eigenvalue weighted by Gasteiger charge is 2.14. The molecule has 0 aliphatic carbocycles. The molecule has 1 aromatic heterocycles. The molecule has 1 aromatic carbocycles. The molecule has 0 aliphatic rings. The normalized spacial score (nSPS) is 9.90. The molecule has 2 rings (SSSR count). The van der Waals surface area contributed by atoms with Crippen molar-refractivity contribution in [3.63, 3.8) is 0 Å². The fraction of sp³-hybridized carbons (Fsp3) is 0. The number of nitrogens with two attached hydrogens (primary N) is 1. The van der Waals surface area contributed by atoms with Crippen LogP contribution < -0.4 is 16.6 Å². The number of nitrogens with one attached hydrogen (secondary N) is 2. The number of hydrazine groups is 1. The van der Waals surface area contributed by atoms with Crippen molar-refractivity contribution < 1.29 is 9.59 Å². The van der Waals surface area contributed by atoms with Crippen LogP contribution >= 0.6 is 15.9 Å². The van der Waals surface area contributed by atoms with E-state index in [9.17, 15) is 9.59 Å². The van der Waals surface area contributed by atoms with Gasteiger partial charge in [-0.1, -0.05) is 22.0 Å². The van der Waals surface area contributed by atoms with Gasteiger partial charge in [0.2, 0.25) is 0 Å². The number of carbonyl (C=O) groups excluding carboxylic acids is 2. The Balaban J connectivity index is 2.30. The Hall–Kier alpha value is -2.25. The lowest BCUT2D eigenvalue weighted by Crippen LogP contribution is -2.31. The number of hydrogen-bond donors (Lipinski definition) is 3. The van der Waals surface area contributed by atoms with E-state index in [2.05, 4.69) is 26.2 Å². The van der Waals surface area contributed by atoms with E-state index < -0.39 is 11.8 Å². The molecule has 0 fully saturated rings. The van der Waals surface area contributed by atoms with E-state index in [4.69, 9.17) is 5.84 Å². The van der Waals surface area contributed by atoms with E-state index in [-0.39, 0.29) is 11.3 Å². The highest BCUT2D eigenvalue weighted by atomic mass is 79.9. The number of benzene rings is 1. The van der Waals surface area contributed by atoms with Gasteiger partial charge in [-0.05, 0) is 30.3 Å². The zero-order chi connectivity index (χ0) is 14.5. The summed E-state index contributed by atoms with van der Waals surface area (Å²) in [5.41, 5.74) is 2.90. The number of nitrogens with zero attached hydrogens (tertiary/aromatic N) is 1. The lowest BCUT2D eigenvalue weighted by molar-refractivity contribution is 0.0954. The molecule has 6 nitrogen and oxygen atoms in total. The zero-order valence-electron chi connectivity index (χ0n) is 10.3. The van der Waals surface area contributed by atoms with Gasteiger partial charge in [-0.2, -0.15) is 0 Å². The van der Waals surface area contributed by atoms with Crippen LogP contribution in [0.25, 0.3) is 0 Å². The Morgan fingerprint density at radius 1 is 1.15 bits per heavy atom. The van der Waals surface area contributed by atoms with Crippen LogP contribution in [0.1, 0.15) is 20.8 Å². The van der Waals surface area contributed by atoms with E-state index in [0.717, 1.165) is 0 Å². The van der Waals surface area contributed by atoms with Gasteiger partial charge < -0.3 is 5.32 Å². The topological polar surface area (TPSA) is 97.1 Å². The maximum Gasteiger partial charge on any atom is 0.274 e. The van der Waals surface area contributed by atoms with Crippen molar-refractivity contribution in [2.45, 2.75) is 0 Å². The molecule has 1 heterocycles. The smallest absolute Gasteiger partial charge is 0.274 e. The fourth-order valence-corrected chi connectivity index (χ4v) is 1.94. The van der Waals surface area contributed by atoms with Crippen molar-refractivity contribution >= 4 is 33.4 Å². The molecule has 0 radical (unpaired) electrons. The van der Waals surface area contributed by atoms with E-state index >= 15 is 0 Å². The van der Waals surface area contributed by atoms with Gasteiger partial charge in [0, 0.05) is 10.7 Å². The van der Waals surface area contributed by atoms with E-state index in [1.165, 1.54) is 6.20 Å². The number of halogens is 1. The average molecular weight is 335 g/mol. The molecule has 0 atom stereocenters. The second-order valence-electron chi connectivity index (χ2n) is 3.83. The van der Waals surface area contributed by atoms with Crippen molar-refractivity contribution in [1.82, 2.24) is 10.4 Å². The van der Waals surface area contributed by atoms with Crippen molar-refractivity contribution in [2.24, 2.45) is 5.84 Å². The molecular formula is C13H11BrN4O2. The standard InChI is InChI=1S/C13H11BrN4O2/c14-8-4-5-10(9(7-8)12(19)18-15)17-13(20)11-3-1-2-6-16-11/h1-7H,15H2,(H,17,20)(H,18,19). The largest absolute Gasteiger partial charge is 0.320 e. The molecule has 4 N–H and O–H groups in total. The van der Waals surface area contributed by atoms with Crippen LogP contribution in [0.3, 0.4) is 0 Å². The molecule has 20 heavy (non-hydrogen) atoms. The van der Waals surface area contributed by atoms with Crippen molar-refractivity contribution in [3.8, 4) is 0 Å². The van der Waals surface area contributed by atoms with Crippen LogP contribution in [-0.2, 0) is 0 Å². The molecule has 0 bridgehead atoms. The molecule has 0 aliphatic heterocycles. The lowest BCUT2D eigenvalue weighted by Gasteiger charge is -2.10. The summed E-state index contributed by atoms with van der Waals surface area (Å²) >= 11 is 3.26. The summed E-state index contributed by atoms with van der Waals surface area (Å²) in [5, 5.41) is 2.63.